The molecular formula is C57H38N2O. The van der Waals surface area contributed by atoms with Crippen LogP contribution in [-0.4, -0.2) is 9.97 Å². The van der Waals surface area contributed by atoms with E-state index in [2.05, 4.69) is 190 Å². The topological polar surface area (TPSA) is 38.9 Å². The molecule has 9 aromatic carbocycles. The molecule has 1 aliphatic carbocycles. The molecule has 2 aromatic heterocycles. The summed E-state index contributed by atoms with van der Waals surface area (Å²) in [7, 11) is 0. The van der Waals surface area contributed by atoms with Crippen molar-refractivity contribution in [2.45, 2.75) is 19.3 Å². The lowest BCUT2D eigenvalue weighted by Crippen LogP contribution is -2.14. The van der Waals surface area contributed by atoms with E-state index in [9.17, 15) is 0 Å². The Kier molecular flexibility index (Phi) is 7.58. The fourth-order valence-corrected chi connectivity index (χ4v) is 9.60. The second kappa shape index (κ2) is 13.2. The van der Waals surface area contributed by atoms with Crippen molar-refractivity contribution in [3.63, 3.8) is 0 Å². The number of hydrogen-bond donors (Lipinski definition) is 0. The number of benzene rings is 9. The lowest BCUT2D eigenvalue weighted by Gasteiger charge is -2.22. The summed E-state index contributed by atoms with van der Waals surface area (Å²) in [4.78, 5) is 10.6. The third-order valence-corrected chi connectivity index (χ3v) is 12.6. The molecule has 2 heterocycles. The van der Waals surface area contributed by atoms with E-state index in [0.29, 0.717) is 5.82 Å². The van der Waals surface area contributed by atoms with Crippen LogP contribution in [0.4, 0.5) is 0 Å². The van der Waals surface area contributed by atoms with Crippen LogP contribution in [0.3, 0.4) is 0 Å². The first-order valence-electron chi connectivity index (χ1n) is 20.6. The van der Waals surface area contributed by atoms with Crippen molar-refractivity contribution in [2.24, 2.45) is 0 Å². The van der Waals surface area contributed by atoms with Gasteiger partial charge < -0.3 is 4.42 Å². The van der Waals surface area contributed by atoms with Crippen LogP contribution in [0.1, 0.15) is 25.0 Å². The van der Waals surface area contributed by atoms with E-state index >= 15 is 0 Å². The Hall–Kier alpha value is -7.62. The van der Waals surface area contributed by atoms with Gasteiger partial charge in [-0.2, -0.15) is 0 Å². The molecule has 3 nitrogen and oxygen atoms in total. The van der Waals surface area contributed by atoms with Gasteiger partial charge in [0.25, 0.3) is 0 Å². The quantitative estimate of drug-likeness (QED) is 0.175. The highest BCUT2D eigenvalue weighted by atomic mass is 16.3. The van der Waals surface area contributed by atoms with Crippen LogP contribution in [0.15, 0.2) is 199 Å². The van der Waals surface area contributed by atoms with E-state index in [1.165, 1.54) is 49.4 Å². The molecule has 0 N–H and O–H groups in total. The first-order chi connectivity index (χ1) is 29.5. The molecule has 60 heavy (non-hydrogen) atoms. The number of fused-ring (bicyclic) bond motifs is 8. The summed E-state index contributed by atoms with van der Waals surface area (Å²) < 4.78 is 6.39. The largest absolute Gasteiger partial charge is 0.456 e. The van der Waals surface area contributed by atoms with Crippen molar-refractivity contribution >= 4 is 43.5 Å². The molecule has 0 spiro atoms. The zero-order chi connectivity index (χ0) is 40.0. The number of nitrogens with zero attached hydrogens (tertiary/aromatic N) is 2. The Morgan fingerprint density at radius 2 is 0.967 bits per heavy atom. The van der Waals surface area contributed by atoms with Crippen LogP contribution in [0, 0.1) is 0 Å². The molecule has 0 unspecified atom stereocenters. The number of hydrogen-bond acceptors (Lipinski definition) is 3. The fraction of sp³-hybridized carbons (Fsp3) is 0.0526. The molecule has 1 aliphatic rings. The molecule has 11 aromatic rings. The lowest BCUT2D eigenvalue weighted by atomic mass is 9.81. The smallest absolute Gasteiger partial charge is 0.160 e. The van der Waals surface area contributed by atoms with Gasteiger partial charge in [-0.05, 0) is 115 Å². The number of rotatable bonds is 5. The zero-order valence-electron chi connectivity index (χ0n) is 33.3. The van der Waals surface area contributed by atoms with Crippen molar-refractivity contribution in [1.29, 1.82) is 0 Å². The highest BCUT2D eigenvalue weighted by molar-refractivity contribution is 6.11. The first-order valence-corrected chi connectivity index (χ1v) is 20.6. The number of aromatic nitrogens is 2. The van der Waals surface area contributed by atoms with Gasteiger partial charge in [0.15, 0.2) is 5.82 Å². The van der Waals surface area contributed by atoms with Crippen LogP contribution in [0.25, 0.3) is 111 Å². The Morgan fingerprint density at radius 3 is 1.78 bits per heavy atom. The zero-order valence-corrected chi connectivity index (χ0v) is 33.3. The third kappa shape index (κ3) is 5.43. The standard InChI is InChI=1S/C57H38N2O/c1-57(2)49-25-13-24-44(55(49)48-30-37-17-6-8-18-38(37)32-50(48)57)40-20-12-21-42(28-40)51-34-52(59-56(58-51)35-14-4-3-5-15-35)45-23-11-10-22-43(45)41-26-27-53-46(31-41)47-29-36-16-7-9-19-39(36)33-54(47)60-53/h3-34H,1-2H3. The van der Waals surface area contributed by atoms with E-state index in [1.807, 2.05) is 18.2 Å². The third-order valence-electron chi connectivity index (χ3n) is 12.6. The molecule has 0 fully saturated rings. The Balaban J connectivity index is 1.01. The molecule has 0 amide bonds. The van der Waals surface area contributed by atoms with E-state index < -0.39 is 0 Å². The monoisotopic (exact) mass is 766 g/mol. The predicted octanol–water partition coefficient (Wildman–Crippen LogP) is 15.3. The van der Waals surface area contributed by atoms with Gasteiger partial charge in [-0.15, -0.1) is 0 Å². The van der Waals surface area contributed by atoms with Crippen molar-refractivity contribution in [3.8, 4) is 67.3 Å². The minimum Gasteiger partial charge on any atom is -0.456 e. The highest BCUT2D eigenvalue weighted by Crippen LogP contribution is 2.53. The van der Waals surface area contributed by atoms with Gasteiger partial charge in [-0.1, -0.05) is 159 Å². The molecule has 12 rings (SSSR count). The van der Waals surface area contributed by atoms with Crippen molar-refractivity contribution < 1.29 is 4.42 Å². The summed E-state index contributed by atoms with van der Waals surface area (Å²) in [6.07, 6.45) is 0. The fourth-order valence-electron chi connectivity index (χ4n) is 9.60. The lowest BCUT2D eigenvalue weighted by molar-refractivity contribution is 0.661. The van der Waals surface area contributed by atoms with Crippen LogP contribution in [0.5, 0.6) is 0 Å². The Labute approximate surface area is 348 Å². The summed E-state index contributed by atoms with van der Waals surface area (Å²) in [6.45, 7) is 4.71. The van der Waals surface area contributed by atoms with E-state index in [-0.39, 0.29) is 5.41 Å². The van der Waals surface area contributed by atoms with Gasteiger partial charge in [0.05, 0.1) is 11.4 Å². The summed E-state index contributed by atoms with van der Waals surface area (Å²) in [5.74, 6) is 0.689. The minimum atomic E-state index is -0.120. The van der Waals surface area contributed by atoms with E-state index in [4.69, 9.17) is 14.4 Å². The van der Waals surface area contributed by atoms with Crippen LogP contribution in [0.2, 0.25) is 0 Å². The van der Waals surface area contributed by atoms with Gasteiger partial charge in [-0.25, -0.2) is 9.97 Å². The molecule has 0 saturated heterocycles. The maximum absolute atomic E-state index is 6.39. The SMILES string of the molecule is CC1(C)c2cc3ccccc3cc2-c2c(-c3cccc(-c4cc(-c5ccccc5-c5ccc6oc7cc8ccccc8cc7c6c5)nc(-c5ccccc5)n4)c3)cccc21. The predicted molar refractivity (Wildman–Crippen MR) is 249 cm³/mol. The summed E-state index contributed by atoms with van der Waals surface area (Å²) >= 11 is 0. The maximum atomic E-state index is 6.39. The molecular weight excluding hydrogens is 729 g/mol. The molecule has 0 radical (unpaired) electrons. The molecule has 282 valence electrons. The molecule has 3 heteroatoms. The second-order valence-electron chi connectivity index (χ2n) is 16.6. The average molecular weight is 767 g/mol. The van der Waals surface area contributed by atoms with Gasteiger partial charge in [0.2, 0.25) is 0 Å². The summed E-state index contributed by atoms with van der Waals surface area (Å²) in [6, 6.07) is 69.5. The highest BCUT2D eigenvalue weighted by Gasteiger charge is 2.37. The summed E-state index contributed by atoms with van der Waals surface area (Å²) in [5.41, 5.74) is 16.4. The molecule has 0 bridgehead atoms. The van der Waals surface area contributed by atoms with Gasteiger partial charge in [-0.3, -0.25) is 0 Å². The average Bonchev–Trinajstić information content (AvgIpc) is 3.77. The Bertz CT molecular complexity index is 3520. The van der Waals surface area contributed by atoms with E-state index in [1.54, 1.807) is 0 Å². The molecule has 0 saturated carbocycles. The van der Waals surface area contributed by atoms with Crippen molar-refractivity contribution in [3.05, 3.63) is 205 Å². The van der Waals surface area contributed by atoms with Crippen LogP contribution < -0.4 is 0 Å². The molecule has 0 aliphatic heterocycles. The van der Waals surface area contributed by atoms with Gasteiger partial charge in [0.1, 0.15) is 11.2 Å². The van der Waals surface area contributed by atoms with Crippen molar-refractivity contribution in [2.75, 3.05) is 0 Å². The first kappa shape index (κ1) is 34.4. The second-order valence-corrected chi connectivity index (χ2v) is 16.6. The van der Waals surface area contributed by atoms with Crippen LogP contribution >= 0.6 is 0 Å². The Morgan fingerprint density at radius 1 is 0.367 bits per heavy atom. The van der Waals surface area contributed by atoms with Crippen LogP contribution in [-0.2, 0) is 5.41 Å². The number of furan rings is 1. The van der Waals surface area contributed by atoms with E-state index in [0.717, 1.165) is 66.7 Å². The van der Waals surface area contributed by atoms with Crippen molar-refractivity contribution in [1.82, 2.24) is 9.97 Å². The minimum absolute atomic E-state index is 0.120. The normalized spacial score (nSPS) is 13.0. The summed E-state index contributed by atoms with van der Waals surface area (Å²) in [5, 5.41) is 7.12. The maximum Gasteiger partial charge on any atom is 0.160 e. The van der Waals surface area contributed by atoms with Gasteiger partial charge >= 0.3 is 0 Å². The van der Waals surface area contributed by atoms with Gasteiger partial charge in [0, 0.05) is 32.9 Å². The molecule has 0 atom stereocenters.